The second-order valence-corrected chi connectivity index (χ2v) is 6.31. The molecule has 0 radical (unpaired) electrons. The van der Waals surface area contributed by atoms with Gasteiger partial charge in [0.1, 0.15) is 0 Å². The van der Waals surface area contributed by atoms with E-state index in [1.165, 1.54) is 29.2 Å². The Morgan fingerprint density at radius 2 is 2.27 bits per heavy atom. The number of hydrogen-bond acceptors (Lipinski definition) is 4. The summed E-state index contributed by atoms with van der Waals surface area (Å²) in [7, 11) is 0. The zero-order valence-corrected chi connectivity index (χ0v) is 10.4. The molecule has 1 N–H and O–H groups in total. The normalized spacial score (nSPS) is 20.3. The summed E-state index contributed by atoms with van der Waals surface area (Å²) in [5, 5.41) is 9.95. The van der Waals surface area contributed by atoms with Crippen LogP contribution in [0.2, 0.25) is 0 Å². The predicted molar refractivity (Wildman–Crippen MR) is 66.5 cm³/mol. The van der Waals surface area contributed by atoms with Crippen molar-refractivity contribution in [3.05, 3.63) is 16.6 Å². The van der Waals surface area contributed by atoms with Gasteiger partial charge in [0.15, 0.2) is 0 Å². The van der Waals surface area contributed by atoms with Gasteiger partial charge < -0.3 is 5.11 Å². The molecule has 1 unspecified atom stereocenters. The Hall–Kier alpha value is -0.0600. The topological polar surface area (TPSA) is 33.1 Å². The Balaban J connectivity index is 1.74. The Morgan fingerprint density at radius 1 is 1.47 bits per heavy atom. The molecule has 1 aliphatic heterocycles. The van der Waals surface area contributed by atoms with Crippen molar-refractivity contribution < 1.29 is 5.11 Å². The van der Waals surface area contributed by atoms with Gasteiger partial charge in [-0.15, -0.1) is 11.3 Å². The van der Waals surface area contributed by atoms with Gasteiger partial charge in [-0.2, -0.15) is 11.8 Å². The van der Waals surface area contributed by atoms with E-state index in [-0.39, 0.29) is 6.10 Å². The first-order valence-corrected chi connectivity index (χ1v) is 7.51. The van der Waals surface area contributed by atoms with E-state index >= 15 is 0 Å². The lowest BCUT2D eigenvalue weighted by Gasteiger charge is -2.23. The molecular weight excluding hydrogens is 226 g/mol. The van der Waals surface area contributed by atoms with Gasteiger partial charge in [0.2, 0.25) is 0 Å². The van der Waals surface area contributed by atoms with Crippen LogP contribution in [0.3, 0.4) is 0 Å². The summed E-state index contributed by atoms with van der Waals surface area (Å²) in [5.41, 5.74) is 1.83. The highest BCUT2D eigenvalue weighted by Crippen LogP contribution is 2.27. The van der Waals surface area contributed by atoms with Crippen LogP contribution in [-0.4, -0.2) is 27.7 Å². The lowest BCUT2D eigenvalue weighted by Crippen LogP contribution is -2.19. The molecule has 15 heavy (non-hydrogen) atoms. The average Bonchev–Trinajstić information content (AvgIpc) is 2.71. The maximum Gasteiger partial charge on any atom is 0.0794 e. The molecule has 2 heterocycles. The van der Waals surface area contributed by atoms with Crippen molar-refractivity contribution in [2.24, 2.45) is 5.92 Å². The van der Waals surface area contributed by atoms with Crippen LogP contribution in [0.5, 0.6) is 0 Å². The Morgan fingerprint density at radius 3 is 2.93 bits per heavy atom. The third kappa shape index (κ3) is 3.78. The zero-order valence-electron chi connectivity index (χ0n) is 8.76. The van der Waals surface area contributed by atoms with Crippen LogP contribution in [0.15, 0.2) is 11.7 Å². The van der Waals surface area contributed by atoms with E-state index in [0.29, 0.717) is 0 Å². The molecule has 4 heteroatoms. The number of rotatable bonds is 4. The summed E-state index contributed by atoms with van der Waals surface area (Å²) in [6, 6.07) is 0. The predicted octanol–water partition coefficient (Wildman–Crippen LogP) is 2.58. The second-order valence-electron chi connectivity index (χ2n) is 4.12. The molecule has 1 aliphatic rings. The van der Waals surface area contributed by atoms with Crippen LogP contribution in [0, 0.1) is 5.92 Å². The van der Waals surface area contributed by atoms with Crippen molar-refractivity contribution in [3.8, 4) is 0 Å². The monoisotopic (exact) mass is 243 g/mol. The maximum absolute atomic E-state index is 9.95. The van der Waals surface area contributed by atoms with Crippen LogP contribution < -0.4 is 0 Å². The molecule has 1 aromatic heterocycles. The lowest BCUT2D eigenvalue weighted by atomic mass is 9.94. The minimum Gasteiger partial charge on any atom is -0.393 e. The lowest BCUT2D eigenvalue weighted by molar-refractivity contribution is 0.140. The van der Waals surface area contributed by atoms with Gasteiger partial charge in [0, 0.05) is 17.5 Å². The smallest absolute Gasteiger partial charge is 0.0794 e. The summed E-state index contributed by atoms with van der Waals surface area (Å²) < 4.78 is 0. The third-order valence-corrected chi connectivity index (χ3v) is 4.72. The molecular formula is C11H17NOS2. The number of thioether (sulfide) groups is 1. The van der Waals surface area contributed by atoms with Crippen LogP contribution in [0.25, 0.3) is 0 Å². The number of hydrogen-bond donors (Lipinski definition) is 1. The molecule has 0 aliphatic carbocycles. The van der Waals surface area contributed by atoms with Crippen molar-refractivity contribution in [1.82, 2.24) is 4.98 Å². The van der Waals surface area contributed by atoms with E-state index in [1.807, 2.05) is 23.5 Å². The molecule has 2 rings (SSSR count). The maximum atomic E-state index is 9.95. The van der Waals surface area contributed by atoms with Gasteiger partial charge in [0.05, 0.1) is 11.6 Å². The SMILES string of the molecule is OC(Cc1cncs1)CC1CCSCC1. The van der Waals surface area contributed by atoms with Crippen molar-refractivity contribution >= 4 is 23.1 Å². The number of aliphatic hydroxyl groups excluding tert-OH is 1. The van der Waals surface area contributed by atoms with Crippen LogP contribution in [0.1, 0.15) is 24.1 Å². The first-order chi connectivity index (χ1) is 7.34. The number of nitrogens with zero attached hydrogens (tertiary/aromatic N) is 1. The Bertz CT molecular complexity index is 270. The van der Waals surface area contributed by atoms with Crippen LogP contribution in [-0.2, 0) is 6.42 Å². The van der Waals surface area contributed by atoms with Crippen molar-refractivity contribution in [2.45, 2.75) is 31.8 Å². The molecule has 0 amide bonds. The largest absolute Gasteiger partial charge is 0.393 e. The molecule has 0 spiro atoms. The second kappa shape index (κ2) is 5.87. The van der Waals surface area contributed by atoms with Crippen molar-refractivity contribution in [2.75, 3.05) is 11.5 Å². The molecule has 1 aromatic rings. The average molecular weight is 243 g/mol. The van der Waals surface area contributed by atoms with E-state index < -0.39 is 0 Å². The minimum absolute atomic E-state index is 0.168. The van der Waals surface area contributed by atoms with Gasteiger partial charge in [0.25, 0.3) is 0 Å². The van der Waals surface area contributed by atoms with E-state index in [4.69, 9.17) is 0 Å². The van der Waals surface area contributed by atoms with Gasteiger partial charge in [-0.3, -0.25) is 4.98 Å². The van der Waals surface area contributed by atoms with Gasteiger partial charge in [-0.05, 0) is 36.7 Å². The quantitative estimate of drug-likeness (QED) is 0.882. The molecule has 0 saturated carbocycles. The highest BCUT2D eigenvalue weighted by molar-refractivity contribution is 7.99. The first-order valence-electron chi connectivity index (χ1n) is 5.48. The van der Waals surface area contributed by atoms with Crippen molar-refractivity contribution in [3.63, 3.8) is 0 Å². The van der Waals surface area contributed by atoms with Crippen LogP contribution >= 0.6 is 23.1 Å². The van der Waals surface area contributed by atoms with E-state index in [1.54, 1.807) is 11.3 Å². The summed E-state index contributed by atoms with van der Waals surface area (Å²) in [6.07, 6.45) is 6.02. The molecule has 1 saturated heterocycles. The van der Waals surface area contributed by atoms with Crippen molar-refractivity contribution in [1.29, 1.82) is 0 Å². The summed E-state index contributed by atoms with van der Waals surface area (Å²) >= 11 is 3.68. The highest BCUT2D eigenvalue weighted by atomic mass is 32.2. The van der Waals surface area contributed by atoms with Crippen LogP contribution in [0.4, 0.5) is 0 Å². The number of aromatic nitrogens is 1. The summed E-state index contributed by atoms with van der Waals surface area (Å²) in [6.45, 7) is 0. The Labute approximate surface area is 99.1 Å². The first kappa shape index (κ1) is 11.4. The van der Waals surface area contributed by atoms with E-state index in [2.05, 4.69) is 4.98 Å². The summed E-state index contributed by atoms with van der Waals surface area (Å²) in [5.74, 6) is 3.30. The van der Waals surface area contributed by atoms with Gasteiger partial charge >= 0.3 is 0 Å². The molecule has 0 bridgehead atoms. The summed E-state index contributed by atoms with van der Waals surface area (Å²) in [4.78, 5) is 5.23. The third-order valence-electron chi connectivity index (χ3n) is 2.87. The molecule has 1 atom stereocenters. The minimum atomic E-state index is -0.168. The number of thiazole rings is 1. The fraction of sp³-hybridized carbons (Fsp3) is 0.727. The standard InChI is InChI=1S/C11H17NOS2/c13-10(6-11-7-12-8-15-11)5-9-1-3-14-4-2-9/h7-10,13H,1-6H2. The molecule has 0 aromatic carbocycles. The number of aliphatic hydroxyl groups is 1. The fourth-order valence-corrected chi connectivity index (χ4v) is 3.90. The highest BCUT2D eigenvalue weighted by Gasteiger charge is 2.18. The fourth-order valence-electron chi connectivity index (χ4n) is 2.03. The molecule has 2 nitrogen and oxygen atoms in total. The van der Waals surface area contributed by atoms with E-state index in [9.17, 15) is 5.11 Å². The van der Waals surface area contributed by atoms with E-state index in [0.717, 1.165) is 18.8 Å². The van der Waals surface area contributed by atoms with Gasteiger partial charge in [-0.25, -0.2) is 0 Å². The molecule has 84 valence electrons. The van der Waals surface area contributed by atoms with Gasteiger partial charge in [-0.1, -0.05) is 0 Å². The Kier molecular flexibility index (Phi) is 4.47. The zero-order chi connectivity index (χ0) is 10.5. The molecule has 1 fully saturated rings.